The molecule has 0 radical (unpaired) electrons. The van der Waals surface area contributed by atoms with Gasteiger partial charge in [0.05, 0.1) is 12.2 Å². The molecule has 4 rings (SSSR count). The van der Waals surface area contributed by atoms with Crippen molar-refractivity contribution in [2.75, 3.05) is 0 Å². The second kappa shape index (κ2) is 7.37. The first-order chi connectivity index (χ1) is 13.1. The summed E-state index contributed by atoms with van der Waals surface area (Å²) in [7, 11) is 0. The van der Waals surface area contributed by atoms with Crippen molar-refractivity contribution >= 4 is 5.91 Å². The fourth-order valence-electron chi connectivity index (χ4n) is 3.51. The number of nitrogens with one attached hydrogen (secondary N) is 2. The SMILES string of the molecule is Cc1cc(C)n(Cc2ccc(C(=O)NCc3ccc4c(c3)CNC4)cc2)n1. The van der Waals surface area contributed by atoms with E-state index in [1.807, 2.05) is 35.9 Å². The van der Waals surface area contributed by atoms with Gasteiger partial charge in [-0.15, -0.1) is 0 Å². The lowest BCUT2D eigenvalue weighted by molar-refractivity contribution is 0.0951. The Balaban J connectivity index is 1.37. The van der Waals surface area contributed by atoms with Gasteiger partial charge in [-0.05, 0) is 54.3 Å². The Labute approximate surface area is 159 Å². The molecule has 0 atom stereocenters. The van der Waals surface area contributed by atoms with Crippen LogP contribution < -0.4 is 10.6 Å². The molecule has 2 N–H and O–H groups in total. The molecule has 0 aliphatic carbocycles. The van der Waals surface area contributed by atoms with E-state index in [0.717, 1.165) is 35.6 Å². The highest BCUT2D eigenvalue weighted by atomic mass is 16.1. The molecule has 5 nitrogen and oxygen atoms in total. The zero-order chi connectivity index (χ0) is 18.8. The van der Waals surface area contributed by atoms with Gasteiger partial charge in [0.15, 0.2) is 0 Å². The third-order valence-electron chi connectivity index (χ3n) is 5.01. The molecule has 2 heterocycles. The maximum Gasteiger partial charge on any atom is 0.251 e. The molecule has 1 aliphatic heterocycles. The van der Waals surface area contributed by atoms with Crippen LogP contribution >= 0.6 is 0 Å². The zero-order valence-corrected chi connectivity index (χ0v) is 15.7. The van der Waals surface area contributed by atoms with Crippen molar-refractivity contribution in [3.63, 3.8) is 0 Å². The highest BCUT2D eigenvalue weighted by Gasteiger charge is 2.11. The number of carbonyl (C=O) groups is 1. The first kappa shape index (κ1) is 17.5. The minimum absolute atomic E-state index is 0.0497. The summed E-state index contributed by atoms with van der Waals surface area (Å²) in [6.45, 7) is 7.15. The summed E-state index contributed by atoms with van der Waals surface area (Å²) in [6, 6.07) is 16.2. The van der Waals surface area contributed by atoms with E-state index in [0.29, 0.717) is 18.7 Å². The lowest BCUT2D eigenvalue weighted by Gasteiger charge is -2.09. The van der Waals surface area contributed by atoms with Gasteiger partial charge >= 0.3 is 0 Å². The summed E-state index contributed by atoms with van der Waals surface area (Å²) in [5, 5.41) is 10.8. The second-order valence-corrected chi connectivity index (χ2v) is 7.17. The number of hydrogen-bond donors (Lipinski definition) is 2. The average molecular weight is 360 g/mol. The third kappa shape index (κ3) is 3.93. The number of aryl methyl sites for hydroxylation is 2. The van der Waals surface area contributed by atoms with Gasteiger partial charge in [-0.1, -0.05) is 30.3 Å². The van der Waals surface area contributed by atoms with Crippen LogP contribution in [0.1, 0.15) is 44.0 Å². The Hall–Kier alpha value is -2.92. The van der Waals surface area contributed by atoms with Gasteiger partial charge in [-0.3, -0.25) is 9.48 Å². The summed E-state index contributed by atoms with van der Waals surface area (Å²) in [4.78, 5) is 12.4. The molecule has 138 valence electrons. The molecule has 5 heteroatoms. The van der Waals surface area contributed by atoms with Crippen molar-refractivity contribution in [3.05, 3.63) is 87.7 Å². The summed E-state index contributed by atoms with van der Waals surface area (Å²) in [6.07, 6.45) is 0. The van der Waals surface area contributed by atoms with Crippen molar-refractivity contribution in [1.82, 2.24) is 20.4 Å². The van der Waals surface area contributed by atoms with Crippen LogP contribution in [0, 0.1) is 13.8 Å². The molecular weight excluding hydrogens is 336 g/mol. The average Bonchev–Trinajstić information content (AvgIpc) is 3.25. The monoisotopic (exact) mass is 360 g/mol. The van der Waals surface area contributed by atoms with Crippen LogP contribution in [0.15, 0.2) is 48.5 Å². The van der Waals surface area contributed by atoms with E-state index in [2.05, 4.69) is 46.9 Å². The van der Waals surface area contributed by atoms with Crippen LogP contribution in [0.2, 0.25) is 0 Å². The first-order valence-corrected chi connectivity index (χ1v) is 9.28. The Morgan fingerprint density at radius 1 is 1.04 bits per heavy atom. The predicted octanol–water partition coefficient (Wildman–Crippen LogP) is 3.08. The number of nitrogens with zero attached hydrogens (tertiary/aromatic N) is 2. The van der Waals surface area contributed by atoms with Crippen LogP contribution in [-0.2, 0) is 26.2 Å². The van der Waals surface area contributed by atoms with Crippen LogP contribution in [0.25, 0.3) is 0 Å². The number of amides is 1. The van der Waals surface area contributed by atoms with Gasteiger partial charge in [0.2, 0.25) is 0 Å². The van der Waals surface area contributed by atoms with Crippen LogP contribution in [0.4, 0.5) is 0 Å². The number of aromatic nitrogens is 2. The molecular formula is C22H24N4O. The summed E-state index contributed by atoms with van der Waals surface area (Å²) >= 11 is 0. The number of fused-ring (bicyclic) bond motifs is 1. The molecule has 0 spiro atoms. The van der Waals surface area contributed by atoms with Gasteiger partial charge in [0.25, 0.3) is 5.91 Å². The summed E-state index contributed by atoms with van der Waals surface area (Å²) in [5.74, 6) is -0.0497. The summed E-state index contributed by atoms with van der Waals surface area (Å²) < 4.78 is 1.98. The van der Waals surface area contributed by atoms with E-state index in [4.69, 9.17) is 0 Å². The quantitative estimate of drug-likeness (QED) is 0.735. The zero-order valence-electron chi connectivity index (χ0n) is 15.7. The van der Waals surface area contributed by atoms with E-state index in [9.17, 15) is 4.79 Å². The number of benzene rings is 2. The summed E-state index contributed by atoms with van der Waals surface area (Å²) in [5.41, 5.74) is 7.77. The minimum Gasteiger partial charge on any atom is -0.348 e. The van der Waals surface area contributed by atoms with E-state index in [1.165, 1.54) is 11.1 Å². The lowest BCUT2D eigenvalue weighted by atomic mass is 10.1. The van der Waals surface area contributed by atoms with Crippen LogP contribution in [-0.4, -0.2) is 15.7 Å². The Morgan fingerprint density at radius 3 is 2.52 bits per heavy atom. The van der Waals surface area contributed by atoms with E-state index >= 15 is 0 Å². The fourth-order valence-corrected chi connectivity index (χ4v) is 3.51. The van der Waals surface area contributed by atoms with Gasteiger partial charge in [-0.2, -0.15) is 5.10 Å². The number of hydrogen-bond acceptors (Lipinski definition) is 3. The van der Waals surface area contributed by atoms with E-state index < -0.39 is 0 Å². The normalized spacial score (nSPS) is 12.8. The van der Waals surface area contributed by atoms with Crippen LogP contribution in [0.5, 0.6) is 0 Å². The molecule has 0 unspecified atom stereocenters. The van der Waals surface area contributed by atoms with Crippen molar-refractivity contribution in [2.45, 2.75) is 40.0 Å². The molecule has 27 heavy (non-hydrogen) atoms. The highest BCUT2D eigenvalue weighted by molar-refractivity contribution is 5.94. The van der Waals surface area contributed by atoms with Crippen molar-refractivity contribution in [3.8, 4) is 0 Å². The van der Waals surface area contributed by atoms with Gasteiger partial charge in [-0.25, -0.2) is 0 Å². The minimum atomic E-state index is -0.0497. The smallest absolute Gasteiger partial charge is 0.251 e. The number of carbonyl (C=O) groups excluding carboxylic acids is 1. The van der Waals surface area contributed by atoms with Gasteiger partial charge in [0.1, 0.15) is 0 Å². The van der Waals surface area contributed by atoms with Crippen molar-refractivity contribution < 1.29 is 4.79 Å². The molecule has 2 aromatic carbocycles. The molecule has 1 aliphatic rings. The molecule has 1 aromatic heterocycles. The third-order valence-corrected chi connectivity index (χ3v) is 5.01. The Morgan fingerprint density at radius 2 is 1.78 bits per heavy atom. The first-order valence-electron chi connectivity index (χ1n) is 9.28. The van der Waals surface area contributed by atoms with E-state index in [-0.39, 0.29) is 5.91 Å². The molecule has 0 saturated heterocycles. The number of rotatable bonds is 5. The van der Waals surface area contributed by atoms with Crippen molar-refractivity contribution in [2.24, 2.45) is 0 Å². The van der Waals surface area contributed by atoms with Gasteiger partial charge in [0, 0.05) is 30.9 Å². The molecule has 0 fully saturated rings. The fraction of sp³-hybridized carbons (Fsp3) is 0.273. The highest BCUT2D eigenvalue weighted by Crippen LogP contribution is 2.17. The maximum absolute atomic E-state index is 12.4. The lowest BCUT2D eigenvalue weighted by Crippen LogP contribution is -2.22. The molecule has 0 bridgehead atoms. The Kier molecular flexibility index (Phi) is 4.77. The molecule has 1 amide bonds. The maximum atomic E-state index is 12.4. The van der Waals surface area contributed by atoms with Crippen LogP contribution in [0.3, 0.4) is 0 Å². The van der Waals surface area contributed by atoms with E-state index in [1.54, 1.807) is 0 Å². The van der Waals surface area contributed by atoms with Crippen molar-refractivity contribution in [1.29, 1.82) is 0 Å². The molecule has 0 saturated carbocycles. The molecule has 3 aromatic rings. The standard InChI is InChI=1S/C22H24N4O/c1-15-9-16(2)26(25-15)14-17-3-6-19(7-4-17)22(27)24-11-18-5-8-20-12-23-13-21(20)10-18/h3-10,23H,11-14H2,1-2H3,(H,24,27). The topological polar surface area (TPSA) is 59.0 Å². The largest absolute Gasteiger partial charge is 0.348 e. The Bertz CT molecular complexity index is 972. The second-order valence-electron chi connectivity index (χ2n) is 7.17. The predicted molar refractivity (Wildman–Crippen MR) is 105 cm³/mol. The van der Waals surface area contributed by atoms with Gasteiger partial charge < -0.3 is 10.6 Å².